The number of hydrogen-bond acceptors (Lipinski definition) is 2. The second-order valence-corrected chi connectivity index (χ2v) is 6.06. The van der Waals surface area contributed by atoms with E-state index in [0.717, 1.165) is 5.69 Å². The molecule has 1 aliphatic carbocycles. The van der Waals surface area contributed by atoms with Crippen molar-refractivity contribution in [1.29, 1.82) is 0 Å². The highest BCUT2D eigenvalue weighted by Crippen LogP contribution is 2.37. The van der Waals surface area contributed by atoms with E-state index in [-0.39, 0.29) is 5.41 Å². The van der Waals surface area contributed by atoms with E-state index < -0.39 is 0 Å². The lowest BCUT2D eigenvalue weighted by molar-refractivity contribution is 0.454. The van der Waals surface area contributed by atoms with Crippen LogP contribution in [-0.2, 0) is 5.41 Å². The summed E-state index contributed by atoms with van der Waals surface area (Å²) >= 11 is 6.27. The van der Waals surface area contributed by atoms with E-state index in [1.54, 1.807) is 0 Å². The summed E-state index contributed by atoms with van der Waals surface area (Å²) in [6.07, 6.45) is 4.89. The van der Waals surface area contributed by atoms with Gasteiger partial charge in [0, 0.05) is 5.41 Å². The molecule has 16 heavy (non-hydrogen) atoms. The fourth-order valence-electron chi connectivity index (χ4n) is 2.33. The number of nitrogen functional groups attached to an aromatic ring is 1. The highest BCUT2D eigenvalue weighted by molar-refractivity contribution is 6.33. The highest BCUT2D eigenvalue weighted by Gasteiger charge is 2.28. The number of nitrogens with two attached hydrogens (primary N) is 1. The number of aromatic nitrogens is 2. The summed E-state index contributed by atoms with van der Waals surface area (Å²) in [6, 6.07) is 0.452. The lowest BCUT2D eigenvalue weighted by Gasteiger charge is -2.15. The van der Waals surface area contributed by atoms with E-state index in [1.165, 1.54) is 25.7 Å². The maximum atomic E-state index is 6.27. The minimum atomic E-state index is -0.0466. The largest absolute Gasteiger partial charge is 0.383 e. The van der Waals surface area contributed by atoms with Crippen LogP contribution < -0.4 is 5.73 Å². The van der Waals surface area contributed by atoms with Gasteiger partial charge in [-0.05, 0) is 12.8 Å². The van der Waals surface area contributed by atoms with Crippen LogP contribution in [0.4, 0.5) is 5.82 Å². The second kappa shape index (κ2) is 3.95. The number of hydrogen-bond donors (Lipinski definition) is 1. The molecule has 0 spiro atoms. The van der Waals surface area contributed by atoms with Crippen molar-refractivity contribution >= 4 is 17.4 Å². The SMILES string of the molecule is CC(C)(C)c1nn(C2CCCC2)c(N)c1Cl. The molecular formula is C12H20ClN3. The molecule has 1 heterocycles. The van der Waals surface area contributed by atoms with Crippen molar-refractivity contribution < 1.29 is 0 Å². The molecule has 1 aromatic heterocycles. The molecule has 0 aromatic carbocycles. The molecule has 1 fully saturated rings. The number of halogens is 1. The van der Waals surface area contributed by atoms with Gasteiger partial charge >= 0.3 is 0 Å². The smallest absolute Gasteiger partial charge is 0.141 e. The first-order valence-electron chi connectivity index (χ1n) is 5.95. The molecule has 4 heteroatoms. The van der Waals surface area contributed by atoms with Gasteiger partial charge in [0.05, 0.1) is 11.7 Å². The zero-order chi connectivity index (χ0) is 11.9. The van der Waals surface area contributed by atoms with Crippen molar-refractivity contribution in [3.8, 4) is 0 Å². The summed E-state index contributed by atoms with van der Waals surface area (Å²) in [5.41, 5.74) is 6.92. The molecule has 1 saturated carbocycles. The monoisotopic (exact) mass is 241 g/mol. The predicted molar refractivity (Wildman–Crippen MR) is 67.9 cm³/mol. The Hall–Kier alpha value is -0.700. The van der Waals surface area contributed by atoms with Crippen LogP contribution in [0.1, 0.15) is 58.2 Å². The molecule has 90 valence electrons. The molecule has 0 bridgehead atoms. The van der Waals surface area contributed by atoms with Crippen LogP contribution in [0, 0.1) is 0 Å². The summed E-state index contributed by atoms with van der Waals surface area (Å²) in [5.74, 6) is 0.637. The third-order valence-electron chi connectivity index (χ3n) is 3.27. The van der Waals surface area contributed by atoms with E-state index in [0.29, 0.717) is 16.9 Å². The van der Waals surface area contributed by atoms with Crippen LogP contribution in [0.5, 0.6) is 0 Å². The fourth-order valence-corrected chi connectivity index (χ4v) is 2.74. The van der Waals surface area contributed by atoms with E-state index in [9.17, 15) is 0 Å². The molecule has 1 aromatic rings. The lowest BCUT2D eigenvalue weighted by Crippen LogP contribution is -2.15. The molecule has 0 radical (unpaired) electrons. The summed E-state index contributed by atoms with van der Waals surface area (Å²) in [5, 5.41) is 5.26. The van der Waals surface area contributed by atoms with Gasteiger partial charge in [-0.3, -0.25) is 0 Å². The molecule has 0 saturated heterocycles. The summed E-state index contributed by atoms with van der Waals surface area (Å²) in [7, 11) is 0. The van der Waals surface area contributed by atoms with Gasteiger partial charge in [-0.25, -0.2) is 4.68 Å². The first-order valence-corrected chi connectivity index (χ1v) is 6.33. The third kappa shape index (κ3) is 1.93. The normalized spacial score (nSPS) is 18.2. The Balaban J connectivity index is 2.40. The Morgan fingerprint density at radius 3 is 2.31 bits per heavy atom. The van der Waals surface area contributed by atoms with Crippen molar-refractivity contribution in [1.82, 2.24) is 9.78 Å². The molecule has 0 aliphatic heterocycles. The minimum absolute atomic E-state index is 0.0466. The predicted octanol–water partition coefficient (Wildman–Crippen LogP) is 3.53. The average molecular weight is 242 g/mol. The Labute approximate surface area is 102 Å². The van der Waals surface area contributed by atoms with E-state index in [2.05, 4.69) is 25.9 Å². The first kappa shape index (κ1) is 11.8. The van der Waals surface area contributed by atoms with Crippen LogP contribution in [-0.4, -0.2) is 9.78 Å². The molecule has 0 atom stereocenters. The molecule has 3 nitrogen and oxygen atoms in total. The fraction of sp³-hybridized carbons (Fsp3) is 0.750. The quantitative estimate of drug-likeness (QED) is 0.818. The Morgan fingerprint density at radius 1 is 1.31 bits per heavy atom. The van der Waals surface area contributed by atoms with Crippen molar-refractivity contribution in [2.45, 2.75) is 57.9 Å². The van der Waals surface area contributed by atoms with Gasteiger partial charge < -0.3 is 5.73 Å². The molecule has 2 N–H and O–H groups in total. The highest BCUT2D eigenvalue weighted by atomic mass is 35.5. The topological polar surface area (TPSA) is 43.8 Å². The first-order chi connectivity index (χ1) is 7.41. The van der Waals surface area contributed by atoms with Crippen LogP contribution in [0.25, 0.3) is 0 Å². The molecule has 0 unspecified atom stereocenters. The van der Waals surface area contributed by atoms with Crippen LogP contribution >= 0.6 is 11.6 Å². The summed E-state index contributed by atoms with van der Waals surface area (Å²) < 4.78 is 1.94. The van der Waals surface area contributed by atoms with Crippen LogP contribution in [0.3, 0.4) is 0 Å². The summed E-state index contributed by atoms with van der Waals surface area (Å²) in [4.78, 5) is 0. The maximum absolute atomic E-state index is 6.27. The zero-order valence-corrected chi connectivity index (χ0v) is 11.0. The number of anilines is 1. The van der Waals surface area contributed by atoms with Gasteiger partial charge in [0.15, 0.2) is 0 Å². The van der Waals surface area contributed by atoms with E-state index in [4.69, 9.17) is 17.3 Å². The molecular weight excluding hydrogens is 222 g/mol. The zero-order valence-electron chi connectivity index (χ0n) is 10.3. The third-order valence-corrected chi connectivity index (χ3v) is 3.64. The van der Waals surface area contributed by atoms with Crippen molar-refractivity contribution in [2.24, 2.45) is 0 Å². The Morgan fingerprint density at radius 2 is 1.88 bits per heavy atom. The summed E-state index contributed by atoms with van der Waals surface area (Å²) in [6.45, 7) is 6.33. The average Bonchev–Trinajstić information content (AvgIpc) is 2.75. The Bertz CT molecular complexity index is 384. The molecule has 1 aliphatic rings. The van der Waals surface area contributed by atoms with Gasteiger partial charge in [-0.1, -0.05) is 45.2 Å². The van der Waals surface area contributed by atoms with Gasteiger partial charge in [-0.2, -0.15) is 5.10 Å². The van der Waals surface area contributed by atoms with Crippen molar-refractivity contribution in [3.63, 3.8) is 0 Å². The molecule has 0 amide bonds. The molecule has 2 rings (SSSR count). The van der Waals surface area contributed by atoms with E-state index in [1.807, 2.05) is 4.68 Å². The number of rotatable bonds is 1. The minimum Gasteiger partial charge on any atom is -0.383 e. The van der Waals surface area contributed by atoms with Gasteiger partial charge in [0.25, 0.3) is 0 Å². The van der Waals surface area contributed by atoms with Crippen LogP contribution in [0.2, 0.25) is 5.02 Å². The van der Waals surface area contributed by atoms with Gasteiger partial charge in [0.2, 0.25) is 0 Å². The Kier molecular flexibility index (Phi) is 2.91. The lowest BCUT2D eigenvalue weighted by atomic mass is 9.92. The van der Waals surface area contributed by atoms with Gasteiger partial charge in [0.1, 0.15) is 10.8 Å². The van der Waals surface area contributed by atoms with Gasteiger partial charge in [-0.15, -0.1) is 0 Å². The number of nitrogens with zero attached hydrogens (tertiary/aromatic N) is 2. The standard InChI is InChI=1S/C12H20ClN3/c1-12(2,3)10-9(13)11(14)16(15-10)8-6-4-5-7-8/h8H,4-7,14H2,1-3H3. The van der Waals surface area contributed by atoms with Crippen LogP contribution in [0.15, 0.2) is 0 Å². The van der Waals surface area contributed by atoms with Crippen molar-refractivity contribution in [2.75, 3.05) is 5.73 Å². The van der Waals surface area contributed by atoms with Crippen molar-refractivity contribution in [3.05, 3.63) is 10.7 Å². The maximum Gasteiger partial charge on any atom is 0.141 e. The second-order valence-electron chi connectivity index (χ2n) is 5.68. The van der Waals surface area contributed by atoms with E-state index >= 15 is 0 Å².